The molecular formula is C21H26O2. The van der Waals surface area contributed by atoms with Gasteiger partial charge in [-0.25, -0.2) is 0 Å². The maximum atomic E-state index is 11.5. The number of fused-ring (bicyclic) bond motifs is 5. The summed E-state index contributed by atoms with van der Waals surface area (Å²) in [4.78, 5) is 11.5. The van der Waals surface area contributed by atoms with Crippen LogP contribution in [-0.2, 0) is 9.53 Å². The van der Waals surface area contributed by atoms with Gasteiger partial charge in [-0.3, -0.25) is 4.79 Å². The number of esters is 1. The van der Waals surface area contributed by atoms with Gasteiger partial charge in [-0.1, -0.05) is 37.3 Å². The largest absolute Gasteiger partial charge is 0.462 e. The van der Waals surface area contributed by atoms with E-state index in [4.69, 9.17) is 4.74 Å². The molecule has 5 atom stereocenters. The molecule has 0 unspecified atom stereocenters. The van der Waals surface area contributed by atoms with Gasteiger partial charge in [0.05, 0.1) is 0 Å². The molecule has 0 spiro atoms. The van der Waals surface area contributed by atoms with Crippen LogP contribution in [0.2, 0.25) is 0 Å². The van der Waals surface area contributed by atoms with Crippen molar-refractivity contribution in [2.45, 2.75) is 58.5 Å². The van der Waals surface area contributed by atoms with Crippen LogP contribution >= 0.6 is 0 Å². The van der Waals surface area contributed by atoms with E-state index in [1.165, 1.54) is 29.5 Å². The third kappa shape index (κ3) is 2.18. The fourth-order valence-electron chi connectivity index (χ4n) is 5.63. The van der Waals surface area contributed by atoms with Crippen LogP contribution in [-0.4, -0.2) is 12.1 Å². The first-order valence-electron chi connectivity index (χ1n) is 8.95. The van der Waals surface area contributed by atoms with Gasteiger partial charge < -0.3 is 4.74 Å². The van der Waals surface area contributed by atoms with E-state index in [2.05, 4.69) is 44.2 Å². The lowest BCUT2D eigenvalue weighted by Gasteiger charge is -2.48. The van der Waals surface area contributed by atoms with Crippen molar-refractivity contribution in [2.24, 2.45) is 17.3 Å². The maximum Gasteiger partial charge on any atom is 0.302 e. The van der Waals surface area contributed by atoms with Crippen molar-refractivity contribution in [1.29, 1.82) is 0 Å². The Hall–Kier alpha value is -1.57. The Labute approximate surface area is 138 Å². The van der Waals surface area contributed by atoms with Crippen LogP contribution in [0.5, 0.6) is 0 Å². The van der Waals surface area contributed by atoms with Gasteiger partial charge in [-0.2, -0.15) is 0 Å². The van der Waals surface area contributed by atoms with Crippen LogP contribution in [0.1, 0.15) is 62.1 Å². The molecule has 4 rings (SSSR count). The highest BCUT2D eigenvalue weighted by molar-refractivity contribution is 5.66. The number of ether oxygens (including phenoxy) is 1. The van der Waals surface area contributed by atoms with Gasteiger partial charge in [0.25, 0.3) is 0 Å². The Balaban J connectivity index is 1.68. The topological polar surface area (TPSA) is 26.3 Å². The third-order valence-corrected chi connectivity index (χ3v) is 6.80. The predicted octanol–water partition coefficient (Wildman–Crippen LogP) is 4.86. The molecule has 122 valence electrons. The second-order valence-electron chi connectivity index (χ2n) is 7.95. The number of carbonyl (C=O) groups excluding carboxylic acids is 1. The lowest BCUT2D eigenvalue weighted by Crippen LogP contribution is -2.43. The van der Waals surface area contributed by atoms with Gasteiger partial charge in [0.15, 0.2) is 0 Å². The first-order chi connectivity index (χ1) is 11.0. The van der Waals surface area contributed by atoms with Gasteiger partial charge in [-0.05, 0) is 67.1 Å². The fraction of sp³-hybridized carbons (Fsp3) is 0.571. The molecule has 0 heterocycles. The molecule has 0 bridgehead atoms. The lowest BCUT2D eigenvalue weighted by molar-refractivity contribution is -0.154. The van der Waals surface area contributed by atoms with Crippen LogP contribution < -0.4 is 0 Å². The SMILES string of the molecule is CC(=O)O[C@H]1CC[C@H]2[C@@H]3C=Cc4c(C)cccc4[C@H]3CC[C@]12C. The van der Waals surface area contributed by atoms with Crippen LogP contribution in [0.15, 0.2) is 24.3 Å². The molecule has 0 amide bonds. The Bertz CT molecular complexity index is 674. The molecule has 0 N–H and O–H groups in total. The van der Waals surface area contributed by atoms with Gasteiger partial charge in [0, 0.05) is 12.3 Å². The summed E-state index contributed by atoms with van der Waals surface area (Å²) < 4.78 is 5.69. The Kier molecular flexibility index (Phi) is 3.40. The number of allylic oxidation sites excluding steroid dienone is 1. The molecule has 3 aliphatic carbocycles. The molecule has 2 heteroatoms. The van der Waals surface area contributed by atoms with E-state index in [0.717, 1.165) is 12.8 Å². The van der Waals surface area contributed by atoms with Crippen molar-refractivity contribution in [3.8, 4) is 0 Å². The standard InChI is InChI=1S/C21H26O2/c1-13-5-4-6-16-15(13)7-8-18-17(16)11-12-21(3)19(18)9-10-20(21)23-14(2)22/h4-8,17-20H,9-12H2,1-3H3/t17-,18-,19+,20+,21+/m1/s1. The number of aryl methyl sites for hydroxylation is 1. The van der Waals surface area contributed by atoms with Gasteiger partial charge in [-0.15, -0.1) is 0 Å². The zero-order chi connectivity index (χ0) is 16.2. The molecule has 0 aliphatic heterocycles. The van der Waals surface area contributed by atoms with Gasteiger partial charge in [0.1, 0.15) is 6.10 Å². The summed E-state index contributed by atoms with van der Waals surface area (Å²) in [6, 6.07) is 6.74. The quantitative estimate of drug-likeness (QED) is 0.692. The van der Waals surface area contributed by atoms with E-state index in [9.17, 15) is 4.79 Å². The highest BCUT2D eigenvalue weighted by Gasteiger charge is 2.55. The molecule has 3 aliphatic rings. The second-order valence-corrected chi connectivity index (χ2v) is 7.95. The molecule has 1 aromatic rings. The summed E-state index contributed by atoms with van der Waals surface area (Å²) >= 11 is 0. The van der Waals surface area contributed by atoms with E-state index in [1.54, 1.807) is 6.92 Å². The van der Waals surface area contributed by atoms with E-state index in [-0.39, 0.29) is 17.5 Å². The molecular weight excluding hydrogens is 284 g/mol. The minimum atomic E-state index is -0.126. The summed E-state index contributed by atoms with van der Waals surface area (Å²) in [5, 5.41) is 0. The summed E-state index contributed by atoms with van der Waals surface area (Å²) in [6.45, 7) is 6.11. The Morgan fingerprint density at radius 2 is 2.09 bits per heavy atom. The third-order valence-electron chi connectivity index (χ3n) is 6.80. The van der Waals surface area contributed by atoms with E-state index >= 15 is 0 Å². The van der Waals surface area contributed by atoms with E-state index < -0.39 is 0 Å². The zero-order valence-corrected chi connectivity index (χ0v) is 14.3. The van der Waals surface area contributed by atoms with Crippen molar-refractivity contribution >= 4 is 12.0 Å². The monoisotopic (exact) mass is 310 g/mol. The average molecular weight is 310 g/mol. The minimum Gasteiger partial charge on any atom is -0.462 e. The fourth-order valence-corrected chi connectivity index (χ4v) is 5.63. The first-order valence-corrected chi connectivity index (χ1v) is 8.95. The van der Waals surface area contributed by atoms with Crippen LogP contribution in [0.4, 0.5) is 0 Å². The summed E-state index contributed by atoms with van der Waals surface area (Å²) in [6.07, 6.45) is 9.49. The first kappa shape index (κ1) is 15.0. The number of carbonyl (C=O) groups is 1. The van der Waals surface area contributed by atoms with Crippen molar-refractivity contribution in [2.75, 3.05) is 0 Å². The summed E-state index contributed by atoms with van der Waals surface area (Å²) in [5.41, 5.74) is 4.51. The number of rotatable bonds is 1. The predicted molar refractivity (Wildman–Crippen MR) is 92.1 cm³/mol. The van der Waals surface area contributed by atoms with Crippen LogP contribution in [0, 0.1) is 24.2 Å². The van der Waals surface area contributed by atoms with Crippen LogP contribution in [0.25, 0.3) is 6.08 Å². The van der Waals surface area contributed by atoms with Crippen molar-refractivity contribution in [1.82, 2.24) is 0 Å². The molecule has 0 saturated heterocycles. The Morgan fingerprint density at radius 1 is 1.26 bits per heavy atom. The number of hydrogen-bond acceptors (Lipinski definition) is 2. The molecule has 2 nitrogen and oxygen atoms in total. The average Bonchev–Trinajstić information content (AvgIpc) is 2.84. The van der Waals surface area contributed by atoms with E-state index in [0.29, 0.717) is 17.8 Å². The van der Waals surface area contributed by atoms with Crippen molar-refractivity contribution in [3.05, 3.63) is 41.0 Å². The Morgan fingerprint density at radius 3 is 2.87 bits per heavy atom. The maximum absolute atomic E-state index is 11.5. The molecule has 0 radical (unpaired) electrons. The number of benzene rings is 1. The minimum absolute atomic E-state index is 0.109. The molecule has 0 aromatic heterocycles. The second kappa shape index (κ2) is 5.22. The molecule has 2 saturated carbocycles. The highest BCUT2D eigenvalue weighted by atomic mass is 16.5. The van der Waals surface area contributed by atoms with Gasteiger partial charge >= 0.3 is 5.97 Å². The smallest absolute Gasteiger partial charge is 0.302 e. The van der Waals surface area contributed by atoms with Crippen molar-refractivity contribution < 1.29 is 9.53 Å². The van der Waals surface area contributed by atoms with Gasteiger partial charge in [0.2, 0.25) is 0 Å². The van der Waals surface area contributed by atoms with E-state index in [1.807, 2.05) is 0 Å². The normalized spacial score (nSPS) is 37.7. The van der Waals surface area contributed by atoms with Crippen molar-refractivity contribution in [3.63, 3.8) is 0 Å². The summed E-state index contributed by atoms with van der Waals surface area (Å²) in [7, 11) is 0. The molecule has 2 fully saturated rings. The summed E-state index contributed by atoms with van der Waals surface area (Å²) in [5.74, 6) is 1.75. The zero-order valence-electron chi connectivity index (χ0n) is 14.3. The number of hydrogen-bond donors (Lipinski definition) is 0. The van der Waals surface area contributed by atoms with Crippen LogP contribution in [0.3, 0.4) is 0 Å². The molecule has 1 aromatic carbocycles. The highest BCUT2D eigenvalue weighted by Crippen LogP contribution is 2.60. The lowest BCUT2D eigenvalue weighted by atomic mass is 9.57. The molecule has 23 heavy (non-hydrogen) atoms.